The Hall–Kier alpha value is -3.50. The number of carbonyl (C=O) groups is 3. The zero-order chi connectivity index (χ0) is 21.5. The predicted molar refractivity (Wildman–Crippen MR) is 103 cm³/mol. The smallest absolute Gasteiger partial charge is 0.435 e. The van der Waals surface area contributed by atoms with E-state index in [0.717, 1.165) is 4.68 Å². The Labute approximate surface area is 165 Å². The first-order chi connectivity index (χ1) is 13.5. The molecular weight excluding hydrogens is 382 g/mol. The molecular formula is C18H21N5O6. The maximum Gasteiger partial charge on any atom is 0.435 e. The van der Waals surface area contributed by atoms with Crippen molar-refractivity contribution in [2.24, 2.45) is 0 Å². The summed E-state index contributed by atoms with van der Waals surface area (Å²) in [5.74, 6) is -0.541. The number of imide groups is 1. The number of fused-ring (bicyclic) bond motifs is 1. The Kier molecular flexibility index (Phi) is 4.99. The maximum absolute atomic E-state index is 12.6. The molecule has 1 fully saturated rings. The number of non-ortho nitro benzene ring substituents is 1. The van der Waals surface area contributed by atoms with Crippen LogP contribution in [-0.4, -0.2) is 51.3 Å². The zero-order valence-corrected chi connectivity index (χ0v) is 16.5. The Balaban J connectivity index is 2.10. The number of nitro benzene ring substituents is 1. The molecule has 1 N–H and O–H groups in total. The summed E-state index contributed by atoms with van der Waals surface area (Å²) in [6.45, 7) is 5.07. The van der Waals surface area contributed by atoms with Crippen molar-refractivity contribution in [1.29, 1.82) is 0 Å². The molecule has 0 aliphatic carbocycles. The van der Waals surface area contributed by atoms with E-state index in [4.69, 9.17) is 4.74 Å². The molecule has 1 atom stereocenters. The first-order valence-electron chi connectivity index (χ1n) is 8.95. The Morgan fingerprint density at radius 1 is 1.38 bits per heavy atom. The summed E-state index contributed by atoms with van der Waals surface area (Å²) >= 11 is 0. The van der Waals surface area contributed by atoms with Gasteiger partial charge in [-0.1, -0.05) is 0 Å². The summed E-state index contributed by atoms with van der Waals surface area (Å²) in [6.07, 6.45) is -0.336. The number of hydrogen-bond donors (Lipinski definition) is 1. The molecule has 2 aromatic rings. The van der Waals surface area contributed by atoms with Crippen LogP contribution >= 0.6 is 0 Å². The fourth-order valence-corrected chi connectivity index (χ4v) is 3.10. The van der Waals surface area contributed by atoms with Gasteiger partial charge in [0, 0.05) is 31.0 Å². The third kappa shape index (κ3) is 4.03. The van der Waals surface area contributed by atoms with Gasteiger partial charge >= 0.3 is 6.09 Å². The molecule has 154 valence electrons. The van der Waals surface area contributed by atoms with Crippen LogP contribution in [0.4, 0.5) is 16.3 Å². The van der Waals surface area contributed by atoms with Gasteiger partial charge < -0.3 is 9.64 Å². The van der Waals surface area contributed by atoms with E-state index in [1.54, 1.807) is 32.7 Å². The molecule has 0 spiro atoms. The Morgan fingerprint density at radius 3 is 2.66 bits per heavy atom. The Morgan fingerprint density at radius 2 is 2.07 bits per heavy atom. The lowest BCUT2D eigenvalue weighted by atomic mass is 10.0. The largest absolute Gasteiger partial charge is 0.442 e. The molecule has 29 heavy (non-hydrogen) atoms. The van der Waals surface area contributed by atoms with E-state index < -0.39 is 28.6 Å². The predicted octanol–water partition coefficient (Wildman–Crippen LogP) is 1.97. The van der Waals surface area contributed by atoms with Gasteiger partial charge in [-0.3, -0.25) is 25.0 Å². The highest BCUT2D eigenvalue weighted by Crippen LogP contribution is 2.31. The van der Waals surface area contributed by atoms with Gasteiger partial charge in [-0.05, 0) is 33.3 Å². The zero-order valence-electron chi connectivity index (χ0n) is 16.5. The fourth-order valence-electron chi connectivity index (χ4n) is 3.10. The maximum atomic E-state index is 12.6. The van der Waals surface area contributed by atoms with Gasteiger partial charge in [0.15, 0.2) is 5.82 Å². The number of rotatable bonds is 3. The van der Waals surface area contributed by atoms with Crippen molar-refractivity contribution in [3.63, 3.8) is 0 Å². The number of hydrogen-bond acceptors (Lipinski definition) is 8. The second-order valence-corrected chi connectivity index (χ2v) is 7.75. The van der Waals surface area contributed by atoms with Crippen molar-refractivity contribution >= 4 is 40.3 Å². The second kappa shape index (κ2) is 7.15. The second-order valence-electron chi connectivity index (χ2n) is 7.75. The molecule has 1 aliphatic rings. The summed E-state index contributed by atoms with van der Waals surface area (Å²) in [6, 6.07) is 3.33. The average molecular weight is 403 g/mol. The topological polar surface area (TPSA) is 137 Å². The van der Waals surface area contributed by atoms with Crippen molar-refractivity contribution < 1.29 is 24.0 Å². The van der Waals surface area contributed by atoms with Gasteiger partial charge in [0.05, 0.1) is 10.4 Å². The standard InChI is InChI=1S/C18H21N5O6/c1-18(2,3)29-17(26)22-13-9-10(23(27)28)5-6-11(13)15(20-22)21(4)12-7-8-14(24)19-16(12)25/h5-6,9,12H,7-8H2,1-4H3,(H,19,24,25). The molecule has 1 aromatic carbocycles. The number of nitrogens with zero attached hydrogens (tertiary/aromatic N) is 4. The number of ether oxygens (including phenoxy) is 1. The normalized spacial score (nSPS) is 17.2. The van der Waals surface area contributed by atoms with Crippen LogP contribution in [0.3, 0.4) is 0 Å². The van der Waals surface area contributed by atoms with Crippen molar-refractivity contribution in [3.05, 3.63) is 28.3 Å². The third-order valence-corrected chi connectivity index (χ3v) is 4.43. The van der Waals surface area contributed by atoms with Crippen molar-refractivity contribution in [3.8, 4) is 0 Å². The third-order valence-electron chi connectivity index (χ3n) is 4.43. The van der Waals surface area contributed by atoms with Crippen LogP contribution in [0, 0.1) is 10.1 Å². The van der Waals surface area contributed by atoms with Crippen molar-refractivity contribution in [1.82, 2.24) is 15.1 Å². The van der Waals surface area contributed by atoms with Gasteiger partial charge in [0.1, 0.15) is 11.6 Å². The van der Waals surface area contributed by atoms with E-state index in [0.29, 0.717) is 5.39 Å². The van der Waals surface area contributed by atoms with E-state index in [-0.39, 0.29) is 35.8 Å². The van der Waals surface area contributed by atoms with Crippen LogP contribution in [0.1, 0.15) is 33.6 Å². The van der Waals surface area contributed by atoms with Crippen LogP contribution in [0.5, 0.6) is 0 Å². The molecule has 1 saturated heterocycles. The molecule has 0 radical (unpaired) electrons. The van der Waals surface area contributed by atoms with Gasteiger partial charge in [-0.2, -0.15) is 4.68 Å². The minimum Gasteiger partial charge on any atom is -0.442 e. The molecule has 1 aliphatic heterocycles. The van der Waals surface area contributed by atoms with E-state index in [2.05, 4.69) is 10.4 Å². The number of carbonyl (C=O) groups excluding carboxylic acids is 3. The number of amides is 2. The molecule has 11 nitrogen and oxygen atoms in total. The van der Waals surface area contributed by atoms with Gasteiger partial charge in [-0.25, -0.2) is 4.79 Å². The summed E-state index contributed by atoms with van der Waals surface area (Å²) in [7, 11) is 1.61. The number of piperidine rings is 1. The molecule has 3 rings (SSSR count). The molecule has 1 unspecified atom stereocenters. The van der Waals surface area contributed by atoms with Crippen LogP contribution < -0.4 is 10.2 Å². The molecule has 2 heterocycles. The minimum atomic E-state index is -0.800. The van der Waals surface area contributed by atoms with Gasteiger partial charge in [-0.15, -0.1) is 5.10 Å². The van der Waals surface area contributed by atoms with Crippen molar-refractivity contribution in [2.45, 2.75) is 45.3 Å². The van der Waals surface area contributed by atoms with E-state index in [1.807, 2.05) is 0 Å². The average Bonchev–Trinajstić information content (AvgIpc) is 2.98. The van der Waals surface area contributed by atoms with Crippen LogP contribution in [-0.2, 0) is 14.3 Å². The highest BCUT2D eigenvalue weighted by Gasteiger charge is 2.33. The first kappa shape index (κ1) is 20.2. The summed E-state index contributed by atoms with van der Waals surface area (Å²) in [4.78, 5) is 48.5. The number of aromatic nitrogens is 2. The lowest BCUT2D eigenvalue weighted by Crippen LogP contribution is -2.51. The lowest BCUT2D eigenvalue weighted by molar-refractivity contribution is -0.384. The quantitative estimate of drug-likeness (QED) is 0.466. The number of nitrogens with one attached hydrogen (secondary N) is 1. The van der Waals surface area contributed by atoms with Gasteiger partial charge in [0.2, 0.25) is 11.8 Å². The Bertz CT molecular complexity index is 1020. The molecule has 1 aromatic heterocycles. The molecule has 0 bridgehead atoms. The van der Waals surface area contributed by atoms with E-state index in [1.165, 1.54) is 18.2 Å². The summed E-state index contributed by atoms with van der Waals surface area (Å²) < 4.78 is 6.30. The number of likely N-dealkylation sites (N-methyl/N-ethyl adjacent to an activating group) is 1. The highest BCUT2D eigenvalue weighted by atomic mass is 16.6. The summed E-state index contributed by atoms with van der Waals surface area (Å²) in [5, 5.41) is 18.2. The number of anilines is 1. The molecule has 11 heteroatoms. The minimum absolute atomic E-state index is 0.178. The van der Waals surface area contributed by atoms with Crippen LogP contribution in [0.15, 0.2) is 18.2 Å². The SMILES string of the molecule is CN(c1nn(C(=O)OC(C)(C)C)c2cc([N+](=O)[O-])ccc12)C1CCC(=O)NC1=O. The molecule has 0 saturated carbocycles. The van der Waals surface area contributed by atoms with Crippen molar-refractivity contribution in [2.75, 3.05) is 11.9 Å². The van der Waals surface area contributed by atoms with E-state index >= 15 is 0 Å². The van der Waals surface area contributed by atoms with Crippen LogP contribution in [0.25, 0.3) is 10.9 Å². The highest BCUT2D eigenvalue weighted by molar-refractivity contribution is 6.03. The number of benzene rings is 1. The number of nitro groups is 1. The summed E-state index contributed by atoms with van der Waals surface area (Å²) in [5.41, 5.74) is -0.828. The van der Waals surface area contributed by atoms with Crippen LogP contribution in [0.2, 0.25) is 0 Å². The first-order valence-corrected chi connectivity index (χ1v) is 8.95. The fraction of sp³-hybridized carbons (Fsp3) is 0.444. The van der Waals surface area contributed by atoms with Gasteiger partial charge in [0.25, 0.3) is 5.69 Å². The monoisotopic (exact) mass is 403 g/mol. The lowest BCUT2D eigenvalue weighted by Gasteiger charge is -2.29. The molecule has 2 amide bonds. The van der Waals surface area contributed by atoms with E-state index in [9.17, 15) is 24.5 Å².